The van der Waals surface area contributed by atoms with Crippen molar-refractivity contribution in [3.8, 4) is 0 Å². The first-order chi connectivity index (χ1) is 15.0. The van der Waals surface area contributed by atoms with Crippen molar-refractivity contribution in [1.29, 1.82) is 0 Å². The van der Waals surface area contributed by atoms with E-state index in [9.17, 15) is 9.59 Å². The second kappa shape index (κ2) is 10.7. The minimum Gasteiger partial charge on any atom is -0.372 e. The zero-order valence-corrected chi connectivity index (χ0v) is 17.8. The number of carbonyl (C=O) groups excluding carboxylic acids is 2. The Morgan fingerprint density at radius 2 is 2.06 bits per heavy atom. The summed E-state index contributed by atoms with van der Waals surface area (Å²) in [6, 6.07) is 11.5. The average molecular weight is 422 g/mol. The van der Waals surface area contributed by atoms with Gasteiger partial charge in [0.1, 0.15) is 5.69 Å². The number of hydrogen-bond acceptors (Lipinski definition) is 5. The van der Waals surface area contributed by atoms with Gasteiger partial charge in [-0.2, -0.15) is 0 Å². The lowest BCUT2D eigenvalue weighted by Crippen LogP contribution is -2.43. The highest BCUT2D eigenvalue weighted by molar-refractivity contribution is 5.96. The van der Waals surface area contributed by atoms with E-state index in [1.54, 1.807) is 11.0 Å². The van der Waals surface area contributed by atoms with Crippen LogP contribution in [0.1, 0.15) is 58.8 Å². The van der Waals surface area contributed by atoms with Crippen molar-refractivity contribution in [2.75, 3.05) is 13.1 Å². The molecule has 3 rings (SSSR count). The Labute approximate surface area is 181 Å². The van der Waals surface area contributed by atoms with Gasteiger partial charge in [0, 0.05) is 18.0 Å². The number of rotatable bonds is 7. The van der Waals surface area contributed by atoms with E-state index in [0.717, 1.165) is 18.4 Å². The fourth-order valence-corrected chi connectivity index (χ4v) is 3.61. The van der Waals surface area contributed by atoms with Crippen LogP contribution in [0, 0.1) is 5.92 Å². The van der Waals surface area contributed by atoms with E-state index in [2.05, 4.69) is 20.2 Å². The third kappa shape index (κ3) is 6.10. The molecule has 0 radical (unpaired) electrons. The number of piperidine rings is 1. The van der Waals surface area contributed by atoms with Crippen LogP contribution in [-0.4, -0.2) is 46.1 Å². The fourth-order valence-electron chi connectivity index (χ4n) is 3.61. The molecular formula is C22H26N6O3. The topological polar surface area (TPSA) is 121 Å². The summed E-state index contributed by atoms with van der Waals surface area (Å²) in [5, 5.41) is 11.0. The van der Waals surface area contributed by atoms with Gasteiger partial charge in [0.2, 0.25) is 0 Å². The Balaban J connectivity index is 1.71. The van der Waals surface area contributed by atoms with E-state index in [1.165, 1.54) is 0 Å². The second-order valence-corrected chi connectivity index (χ2v) is 8.01. The van der Waals surface area contributed by atoms with Crippen LogP contribution in [0.2, 0.25) is 0 Å². The molecule has 9 heteroatoms. The normalized spacial score (nSPS) is 16.1. The summed E-state index contributed by atoms with van der Waals surface area (Å²) in [7, 11) is 0. The lowest BCUT2D eigenvalue weighted by molar-refractivity contribution is -0.00692. The molecule has 0 bridgehead atoms. The lowest BCUT2D eigenvalue weighted by atomic mass is 10.0. The predicted molar refractivity (Wildman–Crippen MR) is 114 cm³/mol. The number of benzene rings is 1. The fraction of sp³-hybridized carbons (Fsp3) is 0.455. The summed E-state index contributed by atoms with van der Waals surface area (Å²) in [5.41, 5.74) is 10.4. The molecule has 31 heavy (non-hydrogen) atoms. The number of hydrogen-bond donors (Lipinski definition) is 0. The maximum Gasteiger partial charge on any atom is 0.274 e. The molecule has 2 aromatic rings. The number of azide groups is 1. The van der Waals surface area contributed by atoms with Gasteiger partial charge in [0.15, 0.2) is 5.69 Å². The van der Waals surface area contributed by atoms with Gasteiger partial charge in [-0.3, -0.25) is 9.59 Å². The summed E-state index contributed by atoms with van der Waals surface area (Å²) in [6.07, 6.45) is 2.19. The smallest absolute Gasteiger partial charge is 0.274 e. The van der Waals surface area contributed by atoms with Crippen molar-refractivity contribution in [3.63, 3.8) is 0 Å². The molecule has 1 fully saturated rings. The van der Waals surface area contributed by atoms with Gasteiger partial charge >= 0.3 is 0 Å². The molecule has 1 saturated heterocycles. The van der Waals surface area contributed by atoms with Gasteiger partial charge in [0.25, 0.3) is 11.8 Å². The molecule has 1 aromatic heterocycles. The van der Waals surface area contributed by atoms with Crippen molar-refractivity contribution >= 4 is 11.8 Å². The summed E-state index contributed by atoms with van der Waals surface area (Å²) in [6.45, 7) is 5.57. The summed E-state index contributed by atoms with van der Waals surface area (Å²) in [4.78, 5) is 29.3. The van der Waals surface area contributed by atoms with E-state index in [-0.39, 0.29) is 29.3 Å². The zero-order chi connectivity index (χ0) is 22.2. The minimum atomic E-state index is -0.794. The standard InChI is InChI=1S/C22H26N6O3/c1-15(2)11-17-12-19(24-25-20(17)21(29)26-27-23)22(30)28-10-6-9-18(13-28)31-14-16-7-4-3-5-8-16/h3-5,7-8,12,15,18H,6,9-11,13-14H2,1-2H3/t18-/m1/s1. The Morgan fingerprint density at radius 1 is 1.29 bits per heavy atom. The Bertz CT molecular complexity index is 972. The second-order valence-electron chi connectivity index (χ2n) is 8.01. The maximum absolute atomic E-state index is 13.1. The van der Waals surface area contributed by atoms with Gasteiger partial charge in [-0.05, 0) is 53.0 Å². The first-order valence-corrected chi connectivity index (χ1v) is 10.4. The summed E-state index contributed by atoms with van der Waals surface area (Å²) < 4.78 is 6.02. The molecule has 1 aliphatic heterocycles. The van der Waals surface area contributed by atoms with E-state index in [1.807, 2.05) is 44.2 Å². The van der Waals surface area contributed by atoms with Crippen LogP contribution in [0.3, 0.4) is 0 Å². The SMILES string of the molecule is CC(C)Cc1cc(C(=O)N2CCC[C@@H](OCc3ccccc3)C2)nnc1C(=O)N=[N+]=[N-]. The number of ether oxygens (including phenoxy) is 1. The van der Waals surface area contributed by atoms with Crippen molar-refractivity contribution in [2.24, 2.45) is 11.0 Å². The van der Waals surface area contributed by atoms with E-state index in [4.69, 9.17) is 10.3 Å². The van der Waals surface area contributed by atoms with Crippen LogP contribution in [0.5, 0.6) is 0 Å². The molecule has 0 spiro atoms. The Hall–Kier alpha value is -3.29. The minimum absolute atomic E-state index is 0.00855. The first-order valence-electron chi connectivity index (χ1n) is 10.4. The molecule has 0 N–H and O–H groups in total. The summed E-state index contributed by atoms with van der Waals surface area (Å²) >= 11 is 0. The van der Waals surface area contributed by atoms with E-state index >= 15 is 0 Å². The molecule has 1 aliphatic rings. The molecule has 9 nitrogen and oxygen atoms in total. The van der Waals surface area contributed by atoms with Crippen molar-refractivity contribution in [3.05, 3.63) is 69.4 Å². The molecule has 2 heterocycles. The Morgan fingerprint density at radius 3 is 2.77 bits per heavy atom. The van der Waals surface area contributed by atoms with Crippen LogP contribution >= 0.6 is 0 Å². The largest absolute Gasteiger partial charge is 0.372 e. The van der Waals surface area contributed by atoms with Gasteiger partial charge in [0.05, 0.1) is 12.7 Å². The quantitative estimate of drug-likeness (QED) is 0.380. The molecule has 162 valence electrons. The third-order valence-electron chi connectivity index (χ3n) is 5.05. The van der Waals surface area contributed by atoms with Crippen LogP contribution in [0.15, 0.2) is 41.5 Å². The Kier molecular flexibility index (Phi) is 7.70. The number of amides is 2. The number of nitrogens with zero attached hydrogens (tertiary/aromatic N) is 6. The van der Waals surface area contributed by atoms with Gasteiger partial charge in [-0.15, -0.1) is 10.2 Å². The molecule has 0 saturated carbocycles. The van der Waals surface area contributed by atoms with Crippen LogP contribution in [0.4, 0.5) is 0 Å². The van der Waals surface area contributed by atoms with Crippen molar-refractivity contribution in [2.45, 2.75) is 45.8 Å². The van der Waals surface area contributed by atoms with Gasteiger partial charge < -0.3 is 9.64 Å². The molecule has 1 atom stereocenters. The predicted octanol–water partition coefficient (Wildman–Crippen LogP) is 3.95. The van der Waals surface area contributed by atoms with Crippen LogP contribution < -0.4 is 0 Å². The molecule has 0 unspecified atom stereocenters. The van der Waals surface area contributed by atoms with E-state index < -0.39 is 5.91 Å². The number of carbonyl (C=O) groups is 2. The van der Waals surface area contributed by atoms with Crippen LogP contribution in [-0.2, 0) is 17.8 Å². The lowest BCUT2D eigenvalue weighted by Gasteiger charge is -2.32. The highest BCUT2D eigenvalue weighted by atomic mass is 16.5. The number of aromatic nitrogens is 2. The first kappa shape index (κ1) is 22.4. The monoisotopic (exact) mass is 422 g/mol. The molecule has 0 aliphatic carbocycles. The van der Waals surface area contributed by atoms with Gasteiger partial charge in [-0.1, -0.05) is 44.2 Å². The third-order valence-corrected chi connectivity index (χ3v) is 5.05. The highest BCUT2D eigenvalue weighted by Crippen LogP contribution is 2.19. The maximum atomic E-state index is 13.1. The van der Waals surface area contributed by atoms with Crippen molar-refractivity contribution < 1.29 is 14.3 Å². The molecule has 2 amide bonds. The van der Waals surface area contributed by atoms with Crippen LogP contribution in [0.25, 0.3) is 10.4 Å². The van der Waals surface area contributed by atoms with Crippen molar-refractivity contribution in [1.82, 2.24) is 15.1 Å². The average Bonchev–Trinajstić information content (AvgIpc) is 2.78. The number of likely N-dealkylation sites (tertiary alicyclic amines) is 1. The zero-order valence-electron chi connectivity index (χ0n) is 17.8. The molecule has 1 aromatic carbocycles. The van der Waals surface area contributed by atoms with Gasteiger partial charge in [-0.25, -0.2) is 0 Å². The molecular weight excluding hydrogens is 396 g/mol. The highest BCUT2D eigenvalue weighted by Gasteiger charge is 2.27. The summed E-state index contributed by atoms with van der Waals surface area (Å²) in [5.74, 6) is -0.819. The van der Waals surface area contributed by atoms with E-state index in [0.29, 0.717) is 31.7 Å².